The van der Waals surface area contributed by atoms with Crippen LogP contribution in [0.5, 0.6) is 5.75 Å². The van der Waals surface area contributed by atoms with Crippen molar-refractivity contribution in [2.24, 2.45) is 7.05 Å². The van der Waals surface area contributed by atoms with Gasteiger partial charge in [0.15, 0.2) is 0 Å². The number of ether oxygens (including phenoxy) is 1. The molecule has 1 aromatic heterocycles. The number of aromatic nitrogens is 3. The molecule has 0 radical (unpaired) electrons. The maximum Gasteiger partial charge on any atom is 0.345 e. The molecule has 6 heteroatoms. The number of fused-ring (bicyclic) bond motifs is 1. The molecule has 1 aliphatic rings. The molecular weight excluding hydrogens is 316 g/mol. The minimum Gasteiger partial charge on any atom is -0.494 e. The lowest BCUT2D eigenvalue weighted by Gasteiger charge is -2.27. The fraction of sp³-hybridized carbons (Fsp3) is 0.579. The van der Waals surface area contributed by atoms with Gasteiger partial charge in [-0.2, -0.15) is 5.10 Å². The molecule has 1 unspecified atom stereocenters. The summed E-state index contributed by atoms with van der Waals surface area (Å²) in [5.41, 5.74) is 1.28. The standard InChI is InChI=1S/C19H28N4O2/c1-4-13-25-17-8-5-15(6-9-17)14-21(2)16-7-10-18-20-22(3)19(24)23(18)12-11-16/h5-6,8-9,16H,4,7,10-14H2,1-3H3. The Labute approximate surface area is 149 Å². The third-order valence-corrected chi connectivity index (χ3v) is 4.92. The SMILES string of the molecule is CCCOc1ccc(CN(C)C2CCc3nn(C)c(=O)n3CC2)cc1. The monoisotopic (exact) mass is 344 g/mol. The number of benzene rings is 1. The van der Waals surface area contributed by atoms with Crippen LogP contribution in [0.4, 0.5) is 0 Å². The highest BCUT2D eigenvalue weighted by Gasteiger charge is 2.22. The molecule has 2 heterocycles. The van der Waals surface area contributed by atoms with Crippen LogP contribution in [0.3, 0.4) is 0 Å². The average molecular weight is 344 g/mol. The summed E-state index contributed by atoms with van der Waals surface area (Å²) in [6.45, 7) is 4.52. The highest BCUT2D eigenvalue weighted by atomic mass is 16.5. The Balaban J connectivity index is 1.58. The first-order valence-electron chi connectivity index (χ1n) is 9.13. The lowest BCUT2D eigenvalue weighted by Crippen LogP contribution is -2.32. The van der Waals surface area contributed by atoms with Gasteiger partial charge in [-0.3, -0.25) is 9.47 Å². The third kappa shape index (κ3) is 4.12. The fourth-order valence-electron chi connectivity index (χ4n) is 3.45. The van der Waals surface area contributed by atoms with E-state index in [0.717, 1.165) is 57.0 Å². The summed E-state index contributed by atoms with van der Waals surface area (Å²) >= 11 is 0. The summed E-state index contributed by atoms with van der Waals surface area (Å²) in [6.07, 6.45) is 3.89. The first kappa shape index (κ1) is 17.7. The molecule has 6 nitrogen and oxygen atoms in total. The highest BCUT2D eigenvalue weighted by molar-refractivity contribution is 5.27. The molecule has 0 aliphatic carbocycles. The van der Waals surface area contributed by atoms with Gasteiger partial charge in [-0.05, 0) is 44.0 Å². The van der Waals surface area contributed by atoms with Gasteiger partial charge >= 0.3 is 5.69 Å². The number of rotatable bonds is 6. The zero-order valence-corrected chi connectivity index (χ0v) is 15.4. The van der Waals surface area contributed by atoms with E-state index in [1.54, 1.807) is 7.05 Å². The average Bonchev–Trinajstić information content (AvgIpc) is 2.77. The number of hydrogen-bond donors (Lipinski definition) is 0. The summed E-state index contributed by atoms with van der Waals surface area (Å²) in [7, 11) is 3.89. The molecular formula is C19H28N4O2. The molecule has 0 N–H and O–H groups in total. The summed E-state index contributed by atoms with van der Waals surface area (Å²) in [6, 6.07) is 8.83. The van der Waals surface area contributed by atoms with Gasteiger partial charge in [0.2, 0.25) is 0 Å². The van der Waals surface area contributed by atoms with E-state index in [1.165, 1.54) is 10.2 Å². The molecule has 136 valence electrons. The first-order chi connectivity index (χ1) is 12.1. The van der Waals surface area contributed by atoms with Crippen molar-refractivity contribution in [3.63, 3.8) is 0 Å². The van der Waals surface area contributed by atoms with Crippen molar-refractivity contribution in [2.75, 3.05) is 13.7 Å². The fourth-order valence-corrected chi connectivity index (χ4v) is 3.45. The van der Waals surface area contributed by atoms with Crippen LogP contribution in [-0.4, -0.2) is 38.9 Å². The smallest absolute Gasteiger partial charge is 0.345 e. The van der Waals surface area contributed by atoms with Crippen LogP contribution >= 0.6 is 0 Å². The van der Waals surface area contributed by atoms with E-state index in [9.17, 15) is 4.79 Å². The van der Waals surface area contributed by atoms with Crippen LogP contribution in [0.1, 0.15) is 37.6 Å². The van der Waals surface area contributed by atoms with Crippen molar-refractivity contribution >= 4 is 0 Å². The molecule has 0 saturated heterocycles. The molecule has 1 aliphatic heterocycles. The minimum absolute atomic E-state index is 0.000899. The summed E-state index contributed by atoms with van der Waals surface area (Å²) in [5, 5.41) is 4.36. The normalized spacial score (nSPS) is 17.4. The van der Waals surface area contributed by atoms with Gasteiger partial charge in [0, 0.05) is 32.6 Å². The molecule has 3 rings (SSSR count). The van der Waals surface area contributed by atoms with Crippen molar-refractivity contribution in [1.29, 1.82) is 0 Å². The maximum absolute atomic E-state index is 12.1. The second-order valence-electron chi connectivity index (χ2n) is 6.86. The van der Waals surface area contributed by atoms with E-state index in [2.05, 4.69) is 36.1 Å². The molecule has 25 heavy (non-hydrogen) atoms. The maximum atomic E-state index is 12.1. The van der Waals surface area contributed by atoms with E-state index >= 15 is 0 Å². The topological polar surface area (TPSA) is 52.3 Å². The lowest BCUT2D eigenvalue weighted by atomic mass is 10.1. The van der Waals surface area contributed by atoms with Gasteiger partial charge < -0.3 is 4.74 Å². The number of hydrogen-bond acceptors (Lipinski definition) is 4. The van der Waals surface area contributed by atoms with Crippen molar-refractivity contribution in [2.45, 2.75) is 51.7 Å². The van der Waals surface area contributed by atoms with Crippen LogP contribution in [0.15, 0.2) is 29.1 Å². The third-order valence-electron chi connectivity index (χ3n) is 4.92. The van der Waals surface area contributed by atoms with Crippen LogP contribution in [0.2, 0.25) is 0 Å². The summed E-state index contributed by atoms with van der Waals surface area (Å²) in [4.78, 5) is 14.5. The van der Waals surface area contributed by atoms with Gasteiger partial charge in [0.1, 0.15) is 11.6 Å². The van der Waals surface area contributed by atoms with Crippen LogP contribution < -0.4 is 10.4 Å². The van der Waals surface area contributed by atoms with Gasteiger partial charge in [0.05, 0.1) is 6.61 Å². The van der Waals surface area contributed by atoms with Crippen molar-refractivity contribution < 1.29 is 4.74 Å². The Kier molecular flexibility index (Phi) is 5.58. The molecule has 0 spiro atoms. The molecule has 1 atom stereocenters. The van der Waals surface area contributed by atoms with E-state index in [-0.39, 0.29) is 5.69 Å². The van der Waals surface area contributed by atoms with Crippen LogP contribution in [0, 0.1) is 0 Å². The van der Waals surface area contributed by atoms with Crippen molar-refractivity contribution in [1.82, 2.24) is 19.2 Å². The van der Waals surface area contributed by atoms with E-state index < -0.39 is 0 Å². The van der Waals surface area contributed by atoms with Gasteiger partial charge in [-0.15, -0.1) is 0 Å². The Morgan fingerprint density at radius 1 is 1.28 bits per heavy atom. The van der Waals surface area contributed by atoms with Crippen molar-refractivity contribution in [3.05, 3.63) is 46.1 Å². The van der Waals surface area contributed by atoms with Crippen LogP contribution in [-0.2, 0) is 26.6 Å². The molecule has 0 saturated carbocycles. The molecule has 2 aromatic rings. The van der Waals surface area contributed by atoms with Gasteiger partial charge in [0.25, 0.3) is 0 Å². The lowest BCUT2D eigenvalue weighted by molar-refractivity contribution is 0.210. The Morgan fingerprint density at radius 2 is 2.04 bits per heavy atom. The second kappa shape index (κ2) is 7.87. The quantitative estimate of drug-likeness (QED) is 0.806. The number of aryl methyl sites for hydroxylation is 2. The van der Waals surface area contributed by atoms with E-state index in [0.29, 0.717) is 6.04 Å². The van der Waals surface area contributed by atoms with Crippen molar-refractivity contribution in [3.8, 4) is 5.75 Å². The highest BCUT2D eigenvalue weighted by Crippen LogP contribution is 2.19. The zero-order chi connectivity index (χ0) is 17.8. The van der Waals surface area contributed by atoms with E-state index in [1.807, 2.05) is 16.7 Å². The Hall–Kier alpha value is -2.08. The zero-order valence-electron chi connectivity index (χ0n) is 15.4. The van der Waals surface area contributed by atoms with E-state index in [4.69, 9.17) is 4.74 Å². The van der Waals surface area contributed by atoms with Gasteiger partial charge in [-0.1, -0.05) is 19.1 Å². The largest absolute Gasteiger partial charge is 0.494 e. The predicted octanol–water partition coefficient (Wildman–Crippen LogP) is 2.21. The minimum atomic E-state index is 0.000899. The molecule has 0 fully saturated rings. The summed E-state index contributed by atoms with van der Waals surface area (Å²) in [5.74, 6) is 1.85. The molecule has 0 bridgehead atoms. The number of nitrogens with zero attached hydrogens (tertiary/aromatic N) is 4. The Morgan fingerprint density at radius 3 is 2.76 bits per heavy atom. The summed E-state index contributed by atoms with van der Waals surface area (Å²) < 4.78 is 8.91. The van der Waals surface area contributed by atoms with Crippen LogP contribution in [0.25, 0.3) is 0 Å². The Bertz CT molecular complexity index is 748. The van der Waals surface area contributed by atoms with Gasteiger partial charge in [-0.25, -0.2) is 9.48 Å². The first-order valence-corrected chi connectivity index (χ1v) is 9.13. The molecule has 0 amide bonds. The predicted molar refractivity (Wildman–Crippen MR) is 97.9 cm³/mol. The second-order valence-corrected chi connectivity index (χ2v) is 6.86. The molecule has 1 aromatic carbocycles.